The van der Waals surface area contributed by atoms with Crippen LogP contribution in [0.4, 0.5) is 13.2 Å². The fourth-order valence-corrected chi connectivity index (χ4v) is 5.94. The number of rotatable bonds is 4. The number of benzene rings is 1. The van der Waals surface area contributed by atoms with Gasteiger partial charge in [0.25, 0.3) is 10.1 Å². The van der Waals surface area contributed by atoms with Crippen LogP contribution in [-0.2, 0) is 20.9 Å². The van der Waals surface area contributed by atoms with Crippen LogP contribution in [0.5, 0.6) is 0 Å². The molecule has 11 heteroatoms. The van der Waals surface area contributed by atoms with E-state index in [1.54, 1.807) is 12.1 Å². The van der Waals surface area contributed by atoms with Crippen molar-refractivity contribution in [3.63, 3.8) is 0 Å². The Morgan fingerprint density at radius 2 is 1.69 bits per heavy atom. The highest BCUT2D eigenvalue weighted by atomic mass is 32.2. The van der Waals surface area contributed by atoms with E-state index in [9.17, 15) is 21.6 Å². The molecule has 7 rings (SSSR count). The van der Waals surface area contributed by atoms with Crippen LogP contribution in [-0.4, -0.2) is 47.4 Å². The summed E-state index contributed by atoms with van der Waals surface area (Å²) in [6, 6.07) is 5.99. The fraction of sp³-hybridized carbons (Fsp3) is 0.619. The van der Waals surface area contributed by atoms with E-state index in [0.717, 1.165) is 43.8 Å². The van der Waals surface area contributed by atoms with Gasteiger partial charge in [-0.05, 0) is 75.6 Å². The van der Waals surface area contributed by atoms with E-state index in [4.69, 9.17) is 4.55 Å². The predicted molar refractivity (Wildman–Crippen MR) is 109 cm³/mol. The van der Waals surface area contributed by atoms with E-state index in [1.807, 2.05) is 6.92 Å². The zero-order valence-electron chi connectivity index (χ0n) is 17.5. The molecule has 3 N–H and O–H groups in total. The van der Waals surface area contributed by atoms with Crippen molar-refractivity contribution in [3.05, 3.63) is 41.5 Å². The third-order valence-corrected chi connectivity index (χ3v) is 8.61. The Morgan fingerprint density at radius 3 is 2.12 bits per heavy atom. The van der Waals surface area contributed by atoms with Gasteiger partial charge in [-0.15, -0.1) is 0 Å². The quantitative estimate of drug-likeness (QED) is 0.592. The topological polar surface area (TPSA) is 108 Å². The first-order valence-electron chi connectivity index (χ1n) is 10.6. The van der Waals surface area contributed by atoms with Gasteiger partial charge in [0.1, 0.15) is 11.2 Å². The SMILES string of the molecule is Cc1ccc(S(=O)(=O)O)cc1.FC(F)(F)C1(c2nc(C34CC(C5CNC5)(C3)C4)n[nH]2)CC1. The van der Waals surface area contributed by atoms with Gasteiger partial charge in [0.15, 0.2) is 5.82 Å². The summed E-state index contributed by atoms with van der Waals surface area (Å²) in [5.41, 5.74) is -0.367. The minimum atomic E-state index is -4.22. The van der Waals surface area contributed by atoms with Crippen LogP contribution in [0.2, 0.25) is 0 Å². The molecule has 174 valence electrons. The second-order valence-electron chi connectivity index (χ2n) is 9.90. The smallest absolute Gasteiger partial charge is 0.316 e. The third kappa shape index (κ3) is 3.28. The number of halogens is 3. The van der Waals surface area contributed by atoms with Crippen LogP contribution in [0.25, 0.3) is 0 Å². The van der Waals surface area contributed by atoms with E-state index in [0.29, 0.717) is 11.2 Å². The highest BCUT2D eigenvalue weighted by Crippen LogP contribution is 2.76. The summed E-state index contributed by atoms with van der Waals surface area (Å²) in [4.78, 5) is 4.21. The maximum absolute atomic E-state index is 13.1. The molecule has 0 atom stereocenters. The van der Waals surface area contributed by atoms with Crippen molar-refractivity contribution in [2.24, 2.45) is 11.3 Å². The molecule has 4 aliphatic carbocycles. The van der Waals surface area contributed by atoms with Gasteiger partial charge in [-0.25, -0.2) is 4.98 Å². The number of nitrogens with one attached hydrogen (secondary N) is 2. The van der Waals surface area contributed by atoms with E-state index < -0.39 is 21.7 Å². The van der Waals surface area contributed by atoms with Crippen molar-refractivity contribution in [3.8, 4) is 0 Å². The van der Waals surface area contributed by atoms with E-state index in [2.05, 4.69) is 20.5 Å². The lowest BCUT2D eigenvalue weighted by molar-refractivity contribution is -0.195. The normalized spacial score (nSPS) is 30.3. The molecule has 0 unspecified atom stereocenters. The van der Waals surface area contributed by atoms with Crippen molar-refractivity contribution < 1.29 is 26.1 Å². The summed E-state index contributed by atoms with van der Waals surface area (Å²) >= 11 is 0. The van der Waals surface area contributed by atoms with Gasteiger partial charge in [-0.3, -0.25) is 9.65 Å². The zero-order valence-corrected chi connectivity index (χ0v) is 18.4. The summed E-state index contributed by atoms with van der Waals surface area (Å²) < 4.78 is 68.9. The first-order valence-corrected chi connectivity index (χ1v) is 12.1. The monoisotopic (exact) mass is 470 g/mol. The highest BCUT2D eigenvalue weighted by molar-refractivity contribution is 7.85. The van der Waals surface area contributed by atoms with Gasteiger partial charge in [-0.1, -0.05) is 17.7 Å². The zero-order chi connectivity index (χ0) is 23.0. The first-order chi connectivity index (χ1) is 14.9. The number of hydrogen-bond acceptors (Lipinski definition) is 5. The number of aryl methyl sites for hydroxylation is 1. The Morgan fingerprint density at radius 1 is 1.09 bits per heavy atom. The molecule has 0 amide bonds. The van der Waals surface area contributed by atoms with Crippen molar-refractivity contribution in [1.29, 1.82) is 0 Å². The number of nitrogens with zero attached hydrogens (tertiary/aromatic N) is 2. The van der Waals surface area contributed by atoms with Crippen LogP contribution in [0.3, 0.4) is 0 Å². The first kappa shape index (κ1) is 21.8. The molecule has 2 bridgehead atoms. The second-order valence-corrected chi connectivity index (χ2v) is 11.3. The second kappa shape index (κ2) is 6.77. The lowest BCUT2D eigenvalue weighted by atomic mass is 9.31. The number of aromatic nitrogens is 3. The van der Waals surface area contributed by atoms with Gasteiger partial charge in [0.2, 0.25) is 0 Å². The van der Waals surface area contributed by atoms with Crippen LogP contribution < -0.4 is 5.32 Å². The van der Waals surface area contributed by atoms with Gasteiger partial charge >= 0.3 is 6.18 Å². The molecular weight excluding hydrogens is 445 g/mol. The van der Waals surface area contributed by atoms with Crippen molar-refractivity contribution in [1.82, 2.24) is 20.5 Å². The molecule has 0 radical (unpaired) electrons. The number of aromatic amines is 1. The van der Waals surface area contributed by atoms with Crippen molar-refractivity contribution >= 4 is 10.1 Å². The molecule has 5 aliphatic rings. The molecular formula is C21H25F3N4O3S. The van der Waals surface area contributed by atoms with Crippen LogP contribution in [0.1, 0.15) is 49.3 Å². The maximum atomic E-state index is 13.1. The highest BCUT2D eigenvalue weighted by Gasteiger charge is 2.73. The van der Waals surface area contributed by atoms with Gasteiger partial charge in [0.05, 0.1) is 4.90 Å². The average molecular weight is 471 g/mol. The van der Waals surface area contributed by atoms with Crippen LogP contribution in [0.15, 0.2) is 29.2 Å². The van der Waals surface area contributed by atoms with E-state index >= 15 is 0 Å². The maximum Gasteiger partial charge on any atom is 0.401 e. The Kier molecular flexibility index (Phi) is 4.62. The summed E-state index contributed by atoms with van der Waals surface area (Å²) in [6.45, 7) is 4.02. The Balaban J connectivity index is 0.000000168. The molecule has 2 heterocycles. The largest absolute Gasteiger partial charge is 0.401 e. The summed E-state index contributed by atoms with van der Waals surface area (Å²) in [5.74, 6) is 1.42. The molecule has 7 nitrogen and oxygen atoms in total. The van der Waals surface area contributed by atoms with Gasteiger partial charge < -0.3 is 5.32 Å². The average Bonchev–Trinajstić information content (AvgIpc) is 3.28. The number of alkyl halides is 3. The predicted octanol–water partition coefficient (Wildman–Crippen LogP) is 3.28. The van der Waals surface area contributed by atoms with E-state index in [1.165, 1.54) is 12.1 Å². The standard InChI is InChI=1S/C14H17F3N4.C7H8O3S/c15-14(16,17)13(1-2-13)10-19-9(20-21-10)12-5-11(6-12,7-12)8-3-18-4-8;1-6-2-4-7(5-3-6)11(8,9)10/h8,18H,1-7H2,(H,19,20,21);2-5H,1H3,(H,8,9,10). The minimum Gasteiger partial charge on any atom is -0.316 e. The molecule has 1 aromatic heterocycles. The Labute approximate surface area is 184 Å². The number of H-pyrrole nitrogens is 1. The lowest BCUT2D eigenvalue weighted by Gasteiger charge is -2.73. The molecule has 5 fully saturated rings. The van der Waals surface area contributed by atoms with E-state index in [-0.39, 0.29) is 29.0 Å². The summed E-state index contributed by atoms with van der Waals surface area (Å²) in [7, 11) is -4.02. The molecule has 1 aliphatic heterocycles. The molecule has 1 saturated heterocycles. The third-order valence-electron chi connectivity index (χ3n) is 7.74. The Bertz CT molecular complexity index is 1120. The van der Waals surface area contributed by atoms with Gasteiger partial charge in [-0.2, -0.15) is 26.7 Å². The van der Waals surface area contributed by atoms with Crippen LogP contribution in [0, 0.1) is 18.3 Å². The molecule has 2 aromatic rings. The molecule has 0 spiro atoms. The molecule has 4 saturated carbocycles. The summed E-state index contributed by atoms with van der Waals surface area (Å²) in [6.07, 6.45) is -0.776. The van der Waals surface area contributed by atoms with Crippen LogP contribution >= 0.6 is 0 Å². The van der Waals surface area contributed by atoms with Crippen molar-refractivity contribution in [2.75, 3.05) is 13.1 Å². The summed E-state index contributed by atoms with van der Waals surface area (Å²) in [5, 5.41) is 10.0. The lowest BCUT2D eigenvalue weighted by Crippen LogP contribution is -2.72. The van der Waals surface area contributed by atoms with Gasteiger partial charge in [0, 0.05) is 5.41 Å². The minimum absolute atomic E-state index is 0.0218. The number of hydrogen-bond donors (Lipinski definition) is 3. The molecule has 32 heavy (non-hydrogen) atoms. The Hall–Kier alpha value is -1.98. The fourth-order valence-electron chi connectivity index (χ4n) is 5.46. The molecule has 1 aromatic carbocycles. The van der Waals surface area contributed by atoms with Crippen molar-refractivity contribution in [2.45, 2.75) is 60.9 Å².